The molecule has 0 fully saturated rings. The van der Waals surface area contributed by atoms with Crippen LogP contribution < -0.4 is 10.1 Å². The van der Waals surface area contributed by atoms with Crippen molar-refractivity contribution < 1.29 is 9.53 Å². The number of hydrogen-bond donors (Lipinski definition) is 1. The molecule has 2 aromatic rings. The summed E-state index contributed by atoms with van der Waals surface area (Å²) in [7, 11) is 0. The van der Waals surface area contributed by atoms with Gasteiger partial charge in [-0.05, 0) is 42.8 Å². The maximum atomic E-state index is 12.2. The van der Waals surface area contributed by atoms with E-state index in [4.69, 9.17) is 16.3 Å². The zero-order valence-electron chi connectivity index (χ0n) is 11.5. The van der Waals surface area contributed by atoms with Gasteiger partial charge in [-0.2, -0.15) is 0 Å². The van der Waals surface area contributed by atoms with Crippen LogP contribution in [0.15, 0.2) is 46.9 Å². The molecule has 21 heavy (non-hydrogen) atoms. The smallest absolute Gasteiger partial charge is 0.255 e. The Morgan fingerprint density at radius 3 is 2.81 bits per heavy atom. The van der Waals surface area contributed by atoms with Gasteiger partial charge < -0.3 is 10.1 Å². The highest BCUT2D eigenvalue weighted by atomic mass is 79.9. The minimum absolute atomic E-state index is 0.221. The molecule has 0 bridgehead atoms. The molecule has 0 saturated carbocycles. The Morgan fingerprint density at radius 1 is 1.29 bits per heavy atom. The number of carbonyl (C=O) groups is 1. The SMILES string of the molecule is CCCOc1cccc(C(=O)Nc2ccc(Br)cc2Cl)c1. The summed E-state index contributed by atoms with van der Waals surface area (Å²) in [5.74, 6) is 0.465. The van der Waals surface area contributed by atoms with Gasteiger partial charge in [0.05, 0.1) is 17.3 Å². The predicted octanol–water partition coefficient (Wildman–Crippen LogP) is 5.14. The van der Waals surface area contributed by atoms with Crippen LogP contribution in [0.3, 0.4) is 0 Å². The molecule has 2 aromatic carbocycles. The van der Waals surface area contributed by atoms with E-state index >= 15 is 0 Å². The molecule has 0 aliphatic rings. The highest BCUT2D eigenvalue weighted by molar-refractivity contribution is 9.10. The van der Waals surface area contributed by atoms with Gasteiger partial charge in [0.1, 0.15) is 5.75 Å². The Labute approximate surface area is 137 Å². The lowest BCUT2D eigenvalue weighted by Gasteiger charge is -2.09. The second-order valence-corrected chi connectivity index (χ2v) is 5.78. The molecule has 1 N–H and O–H groups in total. The number of halogens is 2. The maximum Gasteiger partial charge on any atom is 0.255 e. The van der Waals surface area contributed by atoms with Gasteiger partial charge in [0, 0.05) is 10.0 Å². The molecule has 0 aliphatic carbocycles. The third kappa shape index (κ3) is 4.48. The summed E-state index contributed by atoms with van der Waals surface area (Å²) < 4.78 is 6.38. The van der Waals surface area contributed by atoms with Gasteiger partial charge in [0.15, 0.2) is 0 Å². The van der Waals surface area contributed by atoms with E-state index in [9.17, 15) is 4.79 Å². The van der Waals surface area contributed by atoms with E-state index in [1.54, 1.807) is 30.3 Å². The number of nitrogens with one attached hydrogen (secondary N) is 1. The van der Waals surface area contributed by atoms with Crippen molar-refractivity contribution >= 4 is 39.1 Å². The first-order valence-corrected chi connectivity index (χ1v) is 7.76. The normalized spacial score (nSPS) is 10.2. The van der Waals surface area contributed by atoms with Gasteiger partial charge in [-0.1, -0.05) is 40.5 Å². The van der Waals surface area contributed by atoms with Gasteiger partial charge in [-0.3, -0.25) is 4.79 Å². The second-order valence-electron chi connectivity index (χ2n) is 4.45. The quantitative estimate of drug-likeness (QED) is 0.793. The van der Waals surface area contributed by atoms with E-state index in [2.05, 4.69) is 21.2 Å². The predicted molar refractivity (Wildman–Crippen MR) is 89.3 cm³/mol. The van der Waals surface area contributed by atoms with Crippen LogP contribution in [0.2, 0.25) is 5.02 Å². The summed E-state index contributed by atoms with van der Waals surface area (Å²) in [4.78, 5) is 12.2. The first kappa shape index (κ1) is 15.9. The molecule has 5 heteroatoms. The van der Waals surface area contributed by atoms with Crippen molar-refractivity contribution in [2.45, 2.75) is 13.3 Å². The third-order valence-electron chi connectivity index (χ3n) is 2.75. The summed E-state index contributed by atoms with van der Waals surface area (Å²) in [6, 6.07) is 12.4. The summed E-state index contributed by atoms with van der Waals surface area (Å²) >= 11 is 9.42. The summed E-state index contributed by atoms with van der Waals surface area (Å²) in [6.45, 7) is 2.66. The van der Waals surface area contributed by atoms with Crippen molar-refractivity contribution in [2.75, 3.05) is 11.9 Å². The van der Waals surface area contributed by atoms with Crippen LogP contribution in [0, 0.1) is 0 Å². The zero-order chi connectivity index (χ0) is 15.2. The molecule has 0 radical (unpaired) electrons. The molecule has 0 heterocycles. The van der Waals surface area contributed by atoms with Crippen LogP contribution in [-0.4, -0.2) is 12.5 Å². The van der Waals surface area contributed by atoms with E-state index in [0.29, 0.717) is 28.6 Å². The third-order valence-corrected chi connectivity index (χ3v) is 3.55. The zero-order valence-corrected chi connectivity index (χ0v) is 13.9. The first-order chi connectivity index (χ1) is 10.1. The Bertz CT molecular complexity index is 646. The Hall–Kier alpha value is -1.52. The van der Waals surface area contributed by atoms with Crippen molar-refractivity contribution in [3.05, 3.63) is 57.5 Å². The number of rotatable bonds is 5. The molecular weight excluding hydrogens is 354 g/mol. The largest absolute Gasteiger partial charge is 0.494 e. The Morgan fingerprint density at radius 2 is 2.10 bits per heavy atom. The van der Waals surface area contributed by atoms with Crippen LogP contribution in [0.25, 0.3) is 0 Å². The van der Waals surface area contributed by atoms with Crippen molar-refractivity contribution in [1.82, 2.24) is 0 Å². The van der Waals surface area contributed by atoms with Gasteiger partial charge >= 0.3 is 0 Å². The van der Waals surface area contributed by atoms with Crippen molar-refractivity contribution in [3.8, 4) is 5.75 Å². The summed E-state index contributed by atoms with van der Waals surface area (Å²) in [5.41, 5.74) is 1.10. The van der Waals surface area contributed by atoms with Crippen LogP contribution in [0.1, 0.15) is 23.7 Å². The average molecular weight is 369 g/mol. The molecular formula is C16H15BrClNO2. The number of carbonyl (C=O) groups excluding carboxylic acids is 1. The number of hydrogen-bond acceptors (Lipinski definition) is 2. The van der Waals surface area contributed by atoms with Crippen molar-refractivity contribution in [1.29, 1.82) is 0 Å². The van der Waals surface area contributed by atoms with Crippen LogP contribution >= 0.6 is 27.5 Å². The number of anilines is 1. The number of benzene rings is 2. The topological polar surface area (TPSA) is 38.3 Å². The monoisotopic (exact) mass is 367 g/mol. The highest BCUT2D eigenvalue weighted by Gasteiger charge is 2.09. The fourth-order valence-corrected chi connectivity index (χ4v) is 2.45. The van der Waals surface area contributed by atoms with E-state index in [1.807, 2.05) is 19.1 Å². The standard InChI is InChI=1S/C16H15BrClNO2/c1-2-8-21-13-5-3-4-11(9-13)16(20)19-15-7-6-12(17)10-14(15)18/h3-7,9-10H,2,8H2,1H3,(H,19,20). The summed E-state index contributed by atoms with van der Waals surface area (Å²) in [5, 5.41) is 3.27. The fourth-order valence-electron chi connectivity index (χ4n) is 1.73. The molecule has 0 atom stereocenters. The highest BCUT2D eigenvalue weighted by Crippen LogP contribution is 2.26. The lowest BCUT2D eigenvalue weighted by atomic mass is 10.2. The van der Waals surface area contributed by atoms with E-state index in [0.717, 1.165) is 10.9 Å². The van der Waals surface area contributed by atoms with Gasteiger partial charge in [-0.25, -0.2) is 0 Å². The van der Waals surface area contributed by atoms with Crippen LogP contribution in [0.4, 0.5) is 5.69 Å². The molecule has 0 aliphatic heterocycles. The van der Waals surface area contributed by atoms with Gasteiger partial charge in [0.25, 0.3) is 5.91 Å². The minimum Gasteiger partial charge on any atom is -0.494 e. The molecule has 0 saturated heterocycles. The van der Waals surface area contributed by atoms with E-state index < -0.39 is 0 Å². The van der Waals surface area contributed by atoms with Crippen molar-refractivity contribution in [2.24, 2.45) is 0 Å². The Kier molecular flexibility index (Phi) is 5.65. The minimum atomic E-state index is -0.221. The van der Waals surface area contributed by atoms with Gasteiger partial charge in [0.2, 0.25) is 0 Å². The lowest BCUT2D eigenvalue weighted by Crippen LogP contribution is -2.12. The van der Waals surface area contributed by atoms with E-state index in [-0.39, 0.29) is 5.91 Å². The van der Waals surface area contributed by atoms with E-state index in [1.165, 1.54) is 0 Å². The molecule has 0 unspecified atom stereocenters. The van der Waals surface area contributed by atoms with Crippen molar-refractivity contribution in [3.63, 3.8) is 0 Å². The molecule has 0 spiro atoms. The second kappa shape index (κ2) is 7.48. The lowest BCUT2D eigenvalue weighted by molar-refractivity contribution is 0.102. The molecule has 3 nitrogen and oxygen atoms in total. The number of ether oxygens (including phenoxy) is 1. The molecule has 2 rings (SSSR count). The number of amides is 1. The molecule has 0 aromatic heterocycles. The average Bonchev–Trinajstić information content (AvgIpc) is 2.48. The Balaban J connectivity index is 2.12. The first-order valence-electron chi connectivity index (χ1n) is 6.59. The maximum absolute atomic E-state index is 12.2. The fraction of sp³-hybridized carbons (Fsp3) is 0.188. The molecule has 110 valence electrons. The van der Waals surface area contributed by atoms with Gasteiger partial charge in [-0.15, -0.1) is 0 Å². The van der Waals surface area contributed by atoms with Crippen LogP contribution in [-0.2, 0) is 0 Å². The van der Waals surface area contributed by atoms with Crippen LogP contribution in [0.5, 0.6) is 5.75 Å². The summed E-state index contributed by atoms with van der Waals surface area (Å²) in [6.07, 6.45) is 0.922. The molecule has 1 amide bonds.